The minimum absolute atomic E-state index is 0.180. The number of hydrogen-bond acceptors (Lipinski definition) is 5. The maximum atomic E-state index is 11.5. The minimum atomic E-state index is -0.350. The molecule has 2 heterocycles. The van der Waals surface area contributed by atoms with Crippen LogP contribution in [-0.2, 0) is 4.74 Å². The van der Waals surface area contributed by atoms with Gasteiger partial charge in [-0.25, -0.2) is 4.79 Å². The molecule has 0 aromatic carbocycles. The maximum absolute atomic E-state index is 11.5. The van der Waals surface area contributed by atoms with Crippen molar-refractivity contribution in [2.24, 2.45) is 0 Å². The summed E-state index contributed by atoms with van der Waals surface area (Å²) in [6, 6.07) is 1.61. The van der Waals surface area contributed by atoms with E-state index >= 15 is 0 Å². The smallest absolute Gasteiger partial charge is 0.351 e. The topological polar surface area (TPSA) is 70.1 Å². The highest BCUT2D eigenvalue weighted by Gasteiger charge is 2.26. The van der Waals surface area contributed by atoms with E-state index in [1.807, 2.05) is 0 Å². The molecule has 1 aromatic rings. The summed E-state index contributed by atoms with van der Waals surface area (Å²) >= 11 is 1.72. The Morgan fingerprint density at radius 3 is 3.20 bits per heavy atom. The zero-order valence-corrected chi connectivity index (χ0v) is 9.24. The highest BCUT2D eigenvalue weighted by Crippen LogP contribution is 2.32. The van der Waals surface area contributed by atoms with Gasteiger partial charge in [-0.15, -0.1) is 11.8 Å². The first kappa shape index (κ1) is 10.5. The molecule has 0 spiro atoms. The lowest BCUT2D eigenvalue weighted by atomic mass is 10.5. The number of nitrogens with two attached hydrogens (primary N) is 1. The van der Waals surface area contributed by atoms with E-state index in [9.17, 15) is 4.79 Å². The van der Waals surface area contributed by atoms with Crippen LogP contribution in [0.15, 0.2) is 17.1 Å². The summed E-state index contributed by atoms with van der Waals surface area (Å²) in [5.74, 6) is 1.03. The third-order valence-electron chi connectivity index (χ3n) is 2.23. The van der Waals surface area contributed by atoms with Crippen LogP contribution in [0.25, 0.3) is 0 Å². The Hall–Kier alpha value is -1.01. The van der Waals surface area contributed by atoms with Gasteiger partial charge in [-0.2, -0.15) is 4.98 Å². The third kappa shape index (κ3) is 2.15. The van der Waals surface area contributed by atoms with E-state index in [0.29, 0.717) is 0 Å². The molecule has 1 aromatic heterocycles. The molecule has 2 rings (SSSR count). The summed E-state index contributed by atoms with van der Waals surface area (Å²) in [5, 5.41) is 0. The van der Waals surface area contributed by atoms with Crippen LogP contribution in [0.1, 0.15) is 19.6 Å². The second kappa shape index (κ2) is 4.24. The van der Waals surface area contributed by atoms with Crippen molar-refractivity contribution in [2.75, 3.05) is 11.5 Å². The van der Waals surface area contributed by atoms with Gasteiger partial charge >= 0.3 is 5.69 Å². The van der Waals surface area contributed by atoms with Gasteiger partial charge in [0.25, 0.3) is 0 Å². The van der Waals surface area contributed by atoms with Crippen LogP contribution in [0.5, 0.6) is 0 Å². The molecule has 82 valence electrons. The Bertz CT molecular complexity index is 407. The van der Waals surface area contributed by atoms with Gasteiger partial charge in [0.15, 0.2) is 0 Å². The third-order valence-corrected chi connectivity index (χ3v) is 3.52. The number of hydrogen-bond donors (Lipinski definition) is 1. The van der Waals surface area contributed by atoms with E-state index in [-0.39, 0.29) is 23.2 Å². The van der Waals surface area contributed by atoms with E-state index in [2.05, 4.69) is 11.9 Å². The standard InChI is InChI=1S/C9H13N3O2S/c1-2-8-14-7(5-15-8)12-4-3-6(10)11-9(12)13/h3-4,7-8H,2,5H2,1H3,(H2,10,11,13)/t7-,8+/m1/s1. The van der Waals surface area contributed by atoms with Crippen molar-refractivity contribution < 1.29 is 4.74 Å². The molecule has 2 N–H and O–H groups in total. The Morgan fingerprint density at radius 1 is 1.80 bits per heavy atom. The molecule has 0 saturated carbocycles. The second-order valence-corrected chi connectivity index (χ2v) is 4.50. The first-order chi connectivity index (χ1) is 7.20. The molecule has 6 heteroatoms. The van der Waals surface area contributed by atoms with Crippen LogP contribution in [-0.4, -0.2) is 20.7 Å². The van der Waals surface area contributed by atoms with E-state index in [1.165, 1.54) is 4.57 Å². The van der Waals surface area contributed by atoms with Crippen molar-refractivity contribution in [1.82, 2.24) is 9.55 Å². The molecule has 2 atom stereocenters. The minimum Gasteiger partial charge on any atom is -0.383 e. The molecule has 0 unspecified atom stereocenters. The van der Waals surface area contributed by atoms with Crippen LogP contribution in [0.2, 0.25) is 0 Å². The SMILES string of the molecule is CC[C@H]1O[C@@H](n2ccc(N)nc2=O)CS1. The maximum Gasteiger partial charge on any atom is 0.351 e. The van der Waals surface area contributed by atoms with Gasteiger partial charge in [0.1, 0.15) is 17.5 Å². The average Bonchev–Trinajstić information content (AvgIpc) is 2.66. The zero-order chi connectivity index (χ0) is 10.8. The molecule has 0 bridgehead atoms. The summed E-state index contributed by atoms with van der Waals surface area (Å²) in [6.45, 7) is 2.06. The van der Waals surface area contributed by atoms with Crippen LogP contribution in [0, 0.1) is 0 Å². The first-order valence-electron chi connectivity index (χ1n) is 4.82. The molecular formula is C9H13N3O2S. The van der Waals surface area contributed by atoms with Gasteiger partial charge in [-0.1, -0.05) is 6.92 Å². The molecule has 5 nitrogen and oxygen atoms in total. The van der Waals surface area contributed by atoms with Crippen LogP contribution >= 0.6 is 11.8 Å². The Labute approximate surface area is 91.6 Å². The lowest BCUT2D eigenvalue weighted by Gasteiger charge is -2.13. The largest absolute Gasteiger partial charge is 0.383 e. The summed E-state index contributed by atoms with van der Waals surface area (Å²) in [6.07, 6.45) is 2.37. The Balaban J connectivity index is 2.20. The van der Waals surface area contributed by atoms with Gasteiger partial charge in [0.2, 0.25) is 0 Å². The highest BCUT2D eigenvalue weighted by atomic mass is 32.2. The Kier molecular flexibility index (Phi) is 2.97. The first-order valence-corrected chi connectivity index (χ1v) is 5.87. The predicted molar refractivity (Wildman–Crippen MR) is 59.6 cm³/mol. The number of rotatable bonds is 2. The van der Waals surface area contributed by atoms with Crippen molar-refractivity contribution in [3.63, 3.8) is 0 Å². The summed E-state index contributed by atoms with van der Waals surface area (Å²) < 4.78 is 7.15. The molecule has 1 saturated heterocycles. The number of nitrogens with zero attached hydrogens (tertiary/aromatic N) is 2. The van der Waals surface area contributed by atoms with Gasteiger partial charge in [-0.3, -0.25) is 4.57 Å². The fourth-order valence-corrected chi connectivity index (χ4v) is 2.51. The molecule has 1 aliphatic heterocycles. The van der Waals surface area contributed by atoms with E-state index < -0.39 is 0 Å². The molecule has 1 aliphatic rings. The lowest BCUT2D eigenvalue weighted by Crippen LogP contribution is -2.28. The molecule has 1 fully saturated rings. The zero-order valence-electron chi connectivity index (χ0n) is 8.42. The molecule has 15 heavy (non-hydrogen) atoms. The summed E-state index contributed by atoms with van der Waals surface area (Å²) in [7, 11) is 0. The van der Waals surface area contributed by atoms with E-state index in [1.54, 1.807) is 24.0 Å². The molecule has 0 radical (unpaired) electrons. The highest BCUT2D eigenvalue weighted by molar-refractivity contribution is 7.99. The second-order valence-electron chi connectivity index (χ2n) is 3.30. The number of nitrogen functional groups attached to an aromatic ring is 1. The number of aromatic nitrogens is 2. The van der Waals surface area contributed by atoms with Crippen molar-refractivity contribution >= 4 is 17.6 Å². The van der Waals surface area contributed by atoms with Gasteiger partial charge < -0.3 is 10.5 Å². The summed E-state index contributed by atoms with van der Waals surface area (Å²) in [4.78, 5) is 15.2. The van der Waals surface area contributed by atoms with Crippen molar-refractivity contribution in [1.29, 1.82) is 0 Å². The van der Waals surface area contributed by atoms with Crippen molar-refractivity contribution in [3.05, 3.63) is 22.7 Å². The Morgan fingerprint density at radius 2 is 2.60 bits per heavy atom. The van der Waals surface area contributed by atoms with Crippen molar-refractivity contribution in [2.45, 2.75) is 25.0 Å². The molecule has 0 amide bonds. The van der Waals surface area contributed by atoms with Crippen molar-refractivity contribution in [3.8, 4) is 0 Å². The van der Waals surface area contributed by atoms with Crippen LogP contribution in [0.4, 0.5) is 5.82 Å². The summed E-state index contributed by atoms with van der Waals surface area (Å²) in [5.41, 5.74) is 5.24. The van der Waals surface area contributed by atoms with Gasteiger partial charge in [0, 0.05) is 11.9 Å². The lowest BCUT2D eigenvalue weighted by molar-refractivity contribution is 0.0148. The molecular weight excluding hydrogens is 214 g/mol. The average molecular weight is 227 g/mol. The van der Waals surface area contributed by atoms with Gasteiger partial charge in [-0.05, 0) is 12.5 Å². The van der Waals surface area contributed by atoms with Gasteiger partial charge in [0.05, 0.1) is 0 Å². The van der Waals surface area contributed by atoms with Crippen LogP contribution in [0.3, 0.4) is 0 Å². The number of ether oxygens (including phenoxy) is 1. The normalized spacial score (nSPS) is 25.7. The van der Waals surface area contributed by atoms with E-state index in [0.717, 1.165) is 12.2 Å². The fraction of sp³-hybridized carbons (Fsp3) is 0.556. The predicted octanol–water partition coefficient (Wildman–Crippen LogP) is 0.824. The van der Waals surface area contributed by atoms with Crippen LogP contribution < -0.4 is 11.4 Å². The quantitative estimate of drug-likeness (QED) is 0.810. The monoisotopic (exact) mass is 227 g/mol. The fourth-order valence-electron chi connectivity index (χ4n) is 1.45. The molecule has 0 aliphatic carbocycles. The van der Waals surface area contributed by atoms with E-state index in [4.69, 9.17) is 10.5 Å². The number of thioether (sulfide) groups is 1. The number of anilines is 1.